The van der Waals surface area contributed by atoms with Crippen LogP contribution in [0.1, 0.15) is 51.4 Å². The van der Waals surface area contributed by atoms with Gasteiger partial charge in [-0.25, -0.2) is 0 Å². The van der Waals surface area contributed by atoms with Gasteiger partial charge in [0.1, 0.15) is 24.1 Å². The number of nitrogens with zero attached hydrogens (tertiary/aromatic N) is 1. The van der Waals surface area contributed by atoms with Crippen LogP contribution in [0.4, 0.5) is 0 Å². The number of halogens is 1. The van der Waals surface area contributed by atoms with Crippen LogP contribution < -0.4 is 10.1 Å². The summed E-state index contributed by atoms with van der Waals surface area (Å²) in [5.41, 5.74) is 0.450. The molecule has 1 saturated carbocycles. The monoisotopic (exact) mass is 598 g/mol. The molecule has 1 heterocycles. The lowest BCUT2D eigenvalue weighted by molar-refractivity contribution is -0.152. The molecule has 2 aliphatic carbocycles. The first-order chi connectivity index (χ1) is 17.0. The summed E-state index contributed by atoms with van der Waals surface area (Å²) >= 11 is 2.18. The molecule has 9 heteroatoms. The summed E-state index contributed by atoms with van der Waals surface area (Å²) in [5, 5.41) is 23.5. The standard InChI is InChI=1S/C26H35IN2O6/c27-19-9-4-5-10-21(19)35-23-16-17(25(32)28-12-13-30)15-20(24(23)31)29(18-7-2-1-3-8-18)26(33)22-11-6-14-34-22/h4-5,9-10,16,18,20,22-24,30-31H,1-3,6-8,11-15H2,(H,28,32). The first kappa shape index (κ1) is 26.4. The van der Waals surface area contributed by atoms with Crippen molar-refractivity contribution in [2.75, 3.05) is 19.8 Å². The minimum atomic E-state index is -1.01. The maximum Gasteiger partial charge on any atom is 0.252 e. The van der Waals surface area contributed by atoms with Crippen LogP contribution in [0.15, 0.2) is 35.9 Å². The first-order valence-electron chi connectivity index (χ1n) is 12.6. The molecule has 0 aromatic heterocycles. The Kier molecular flexibility index (Phi) is 9.43. The number of para-hydroxylation sites is 1. The van der Waals surface area contributed by atoms with Crippen molar-refractivity contribution in [3.63, 3.8) is 0 Å². The van der Waals surface area contributed by atoms with Crippen LogP contribution in [-0.2, 0) is 14.3 Å². The molecule has 2 amide bonds. The largest absolute Gasteiger partial charge is 0.482 e. The van der Waals surface area contributed by atoms with Gasteiger partial charge in [0.15, 0.2) is 0 Å². The minimum Gasteiger partial charge on any atom is -0.482 e. The summed E-state index contributed by atoms with van der Waals surface area (Å²) < 4.78 is 12.9. The summed E-state index contributed by atoms with van der Waals surface area (Å²) in [4.78, 5) is 28.5. The Hall–Kier alpha value is -1.69. The van der Waals surface area contributed by atoms with Crippen molar-refractivity contribution in [1.29, 1.82) is 0 Å². The fraction of sp³-hybridized carbons (Fsp3) is 0.615. The number of carbonyl (C=O) groups is 2. The number of rotatable bonds is 8. The highest BCUT2D eigenvalue weighted by molar-refractivity contribution is 14.1. The fourth-order valence-corrected chi connectivity index (χ4v) is 5.86. The SMILES string of the molecule is O=C(NCCO)C1=CC(Oc2ccccc2I)C(O)C(N(C(=O)C2CCCO2)C2CCCCC2)C1. The van der Waals surface area contributed by atoms with Gasteiger partial charge in [-0.2, -0.15) is 0 Å². The van der Waals surface area contributed by atoms with Crippen molar-refractivity contribution in [3.8, 4) is 5.75 Å². The molecule has 4 atom stereocenters. The molecule has 4 rings (SSSR count). The molecular weight excluding hydrogens is 563 g/mol. The third kappa shape index (κ3) is 6.36. The van der Waals surface area contributed by atoms with Gasteiger partial charge < -0.3 is 29.9 Å². The van der Waals surface area contributed by atoms with Crippen molar-refractivity contribution in [1.82, 2.24) is 10.2 Å². The number of benzene rings is 1. The number of nitrogens with one attached hydrogen (secondary N) is 1. The number of aliphatic hydroxyl groups excluding tert-OH is 2. The molecular formula is C26H35IN2O6. The predicted octanol–water partition coefficient (Wildman–Crippen LogP) is 2.55. The second-order valence-electron chi connectivity index (χ2n) is 9.49. The summed E-state index contributed by atoms with van der Waals surface area (Å²) in [5.74, 6) is 0.197. The van der Waals surface area contributed by atoms with Crippen LogP contribution in [0.2, 0.25) is 0 Å². The van der Waals surface area contributed by atoms with E-state index in [1.54, 1.807) is 6.08 Å². The first-order valence-corrected chi connectivity index (χ1v) is 13.7. The topological polar surface area (TPSA) is 108 Å². The lowest BCUT2D eigenvalue weighted by atomic mass is 9.84. The van der Waals surface area contributed by atoms with Gasteiger partial charge in [0.25, 0.3) is 5.91 Å². The van der Waals surface area contributed by atoms with Crippen molar-refractivity contribution >= 4 is 34.4 Å². The predicted molar refractivity (Wildman–Crippen MR) is 139 cm³/mol. The molecule has 1 aliphatic heterocycles. The van der Waals surface area contributed by atoms with Crippen molar-refractivity contribution in [2.45, 2.75) is 81.8 Å². The van der Waals surface area contributed by atoms with Crippen LogP contribution in [0.25, 0.3) is 0 Å². The quantitative estimate of drug-likeness (QED) is 0.398. The number of hydrogen-bond acceptors (Lipinski definition) is 6. The van der Waals surface area contributed by atoms with E-state index in [0.29, 0.717) is 24.4 Å². The Labute approximate surface area is 220 Å². The lowest BCUT2D eigenvalue weighted by Crippen LogP contribution is -2.60. The van der Waals surface area contributed by atoms with E-state index in [9.17, 15) is 19.8 Å². The highest BCUT2D eigenvalue weighted by atomic mass is 127. The molecule has 0 spiro atoms. The summed E-state index contributed by atoms with van der Waals surface area (Å²) in [6.07, 6.45) is 6.03. The second kappa shape index (κ2) is 12.5. The van der Waals surface area contributed by atoms with E-state index >= 15 is 0 Å². The highest BCUT2D eigenvalue weighted by Crippen LogP contribution is 2.34. The van der Waals surface area contributed by atoms with Gasteiger partial charge >= 0.3 is 0 Å². The van der Waals surface area contributed by atoms with Crippen LogP contribution in [0.3, 0.4) is 0 Å². The molecule has 4 unspecified atom stereocenters. The zero-order valence-electron chi connectivity index (χ0n) is 19.9. The molecule has 1 aromatic carbocycles. The molecule has 0 radical (unpaired) electrons. The van der Waals surface area contributed by atoms with Crippen molar-refractivity contribution in [3.05, 3.63) is 39.5 Å². The smallest absolute Gasteiger partial charge is 0.252 e. The number of ether oxygens (including phenoxy) is 2. The average molecular weight is 598 g/mol. The van der Waals surface area contributed by atoms with Crippen LogP contribution in [0, 0.1) is 3.57 Å². The molecule has 3 aliphatic rings. The molecule has 3 N–H and O–H groups in total. The van der Waals surface area contributed by atoms with E-state index in [1.807, 2.05) is 29.2 Å². The maximum atomic E-state index is 13.8. The number of amides is 2. The normalized spacial score (nSPS) is 27.2. The zero-order valence-corrected chi connectivity index (χ0v) is 22.1. The van der Waals surface area contributed by atoms with Crippen molar-refractivity contribution < 1.29 is 29.3 Å². The molecule has 1 saturated heterocycles. The number of hydrogen-bond donors (Lipinski definition) is 3. The maximum absolute atomic E-state index is 13.8. The molecule has 1 aromatic rings. The Morgan fingerprint density at radius 3 is 2.60 bits per heavy atom. The number of aliphatic hydroxyl groups is 2. The molecule has 8 nitrogen and oxygen atoms in total. The van der Waals surface area contributed by atoms with Gasteiger partial charge in [-0.1, -0.05) is 31.4 Å². The Bertz CT molecular complexity index is 913. The van der Waals surface area contributed by atoms with Gasteiger partial charge in [0.2, 0.25) is 5.91 Å². The molecule has 192 valence electrons. The van der Waals surface area contributed by atoms with E-state index in [2.05, 4.69) is 27.9 Å². The lowest BCUT2D eigenvalue weighted by Gasteiger charge is -2.46. The van der Waals surface area contributed by atoms with Crippen LogP contribution in [-0.4, -0.2) is 77.1 Å². The van der Waals surface area contributed by atoms with Crippen LogP contribution in [0.5, 0.6) is 5.75 Å². The third-order valence-electron chi connectivity index (χ3n) is 7.10. The Balaban J connectivity index is 1.66. The molecule has 0 bridgehead atoms. The second-order valence-corrected chi connectivity index (χ2v) is 10.6. The molecule has 35 heavy (non-hydrogen) atoms. The van der Waals surface area contributed by atoms with E-state index in [1.165, 1.54) is 0 Å². The Morgan fingerprint density at radius 2 is 1.91 bits per heavy atom. The van der Waals surface area contributed by atoms with Gasteiger partial charge in [0.05, 0.1) is 16.2 Å². The van der Waals surface area contributed by atoms with E-state index in [-0.39, 0.29) is 37.4 Å². The summed E-state index contributed by atoms with van der Waals surface area (Å²) in [7, 11) is 0. The van der Waals surface area contributed by atoms with E-state index in [0.717, 1.165) is 42.1 Å². The van der Waals surface area contributed by atoms with Crippen molar-refractivity contribution in [2.24, 2.45) is 0 Å². The number of carbonyl (C=O) groups excluding carboxylic acids is 2. The highest BCUT2D eigenvalue weighted by Gasteiger charge is 2.45. The minimum absolute atomic E-state index is 0.00235. The van der Waals surface area contributed by atoms with Gasteiger partial charge in [0, 0.05) is 31.2 Å². The third-order valence-corrected chi connectivity index (χ3v) is 7.99. The summed E-state index contributed by atoms with van der Waals surface area (Å²) in [6, 6.07) is 6.89. The summed E-state index contributed by atoms with van der Waals surface area (Å²) in [6.45, 7) is 0.528. The van der Waals surface area contributed by atoms with Gasteiger partial charge in [-0.05, 0) is 66.5 Å². The van der Waals surface area contributed by atoms with Crippen LogP contribution >= 0.6 is 22.6 Å². The van der Waals surface area contributed by atoms with E-state index in [4.69, 9.17) is 9.47 Å². The zero-order chi connectivity index (χ0) is 24.8. The fourth-order valence-electron chi connectivity index (χ4n) is 5.35. The van der Waals surface area contributed by atoms with E-state index < -0.39 is 24.4 Å². The van der Waals surface area contributed by atoms with Gasteiger partial charge in [-0.15, -0.1) is 0 Å². The molecule has 2 fully saturated rings. The van der Waals surface area contributed by atoms with Gasteiger partial charge in [-0.3, -0.25) is 9.59 Å². The average Bonchev–Trinajstić information content (AvgIpc) is 3.42. The Morgan fingerprint density at radius 1 is 1.14 bits per heavy atom.